The summed E-state index contributed by atoms with van der Waals surface area (Å²) in [5, 5.41) is 0. The summed E-state index contributed by atoms with van der Waals surface area (Å²) < 4.78 is 5.30. The van der Waals surface area contributed by atoms with E-state index in [0.717, 1.165) is 26.3 Å². The van der Waals surface area contributed by atoms with E-state index in [2.05, 4.69) is 48.7 Å². The van der Waals surface area contributed by atoms with E-state index in [0.29, 0.717) is 0 Å². The molecule has 0 aliphatic carbocycles. The predicted octanol–water partition coefficient (Wildman–Crippen LogP) is 2.38. The Morgan fingerprint density at radius 1 is 1.07 bits per heavy atom. The third-order valence-corrected chi connectivity index (χ3v) is 2.41. The molecule has 0 spiro atoms. The quantitative estimate of drug-likeness (QED) is 0.737. The SMILES string of the molecule is CS.Cc1ccc(N2CCOCC2)cc1. The van der Waals surface area contributed by atoms with Crippen molar-refractivity contribution < 1.29 is 4.74 Å². The molecular formula is C12H19NOS. The summed E-state index contributed by atoms with van der Waals surface area (Å²) in [5.41, 5.74) is 2.63. The average Bonchev–Trinajstić information content (AvgIpc) is 2.34. The van der Waals surface area contributed by atoms with Crippen LogP contribution in [0.15, 0.2) is 24.3 Å². The van der Waals surface area contributed by atoms with Gasteiger partial charge in [-0.1, -0.05) is 17.7 Å². The number of ether oxygens (including phenoxy) is 1. The highest BCUT2D eigenvalue weighted by atomic mass is 32.1. The molecule has 1 aliphatic rings. The second kappa shape index (κ2) is 6.75. The van der Waals surface area contributed by atoms with Gasteiger partial charge in [-0.15, -0.1) is 0 Å². The molecular weight excluding hydrogens is 206 g/mol. The Bertz CT molecular complexity index is 267. The van der Waals surface area contributed by atoms with Gasteiger partial charge in [0, 0.05) is 18.8 Å². The molecule has 1 aliphatic heterocycles. The van der Waals surface area contributed by atoms with E-state index in [9.17, 15) is 0 Å². The van der Waals surface area contributed by atoms with Gasteiger partial charge in [-0.2, -0.15) is 12.6 Å². The van der Waals surface area contributed by atoms with Crippen molar-refractivity contribution in [2.75, 3.05) is 37.5 Å². The molecule has 0 radical (unpaired) electrons. The van der Waals surface area contributed by atoms with Crippen LogP contribution < -0.4 is 4.90 Å². The lowest BCUT2D eigenvalue weighted by Gasteiger charge is -2.28. The summed E-state index contributed by atoms with van der Waals surface area (Å²) in [5.74, 6) is 0. The van der Waals surface area contributed by atoms with Crippen molar-refractivity contribution in [2.24, 2.45) is 0 Å². The van der Waals surface area contributed by atoms with Crippen LogP contribution in [-0.4, -0.2) is 32.6 Å². The van der Waals surface area contributed by atoms with Gasteiger partial charge in [-0.05, 0) is 25.3 Å². The van der Waals surface area contributed by atoms with E-state index >= 15 is 0 Å². The van der Waals surface area contributed by atoms with Gasteiger partial charge in [0.05, 0.1) is 13.2 Å². The molecule has 0 bridgehead atoms. The largest absolute Gasteiger partial charge is 0.378 e. The summed E-state index contributed by atoms with van der Waals surface area (Å²) in [6.45, 7) is 5.86. The summed E-state index contributed by atoms with van der Waals surface area (Å²) in [6, 6.07) is 8.68. The summed E-state index contributed by atoms with van der Waals surface area (Å²) >= 11 is 3.53. The highest BCUT2D eigenvalue weighted by Crippen LogP contribution is 2.15. The molecule has 84 valence electrons. The highest BCUT2D eigenvalue weighted by Gasteiger charge is 2.09. The summed E-state index contributed by atoms with van der Waals surface area (Å²) in [6.07, 6.45) is 1.69. The minimum atomic E-state index is 0.855. The van der Waals surface area contributed by atoms with Crippen LogP contribution in [0.25, 0.3) is 0 Å². The normalized spacial score (nSPS) is 15.5. The van der Waals surface area contributed by atoms with E-state index < -0.39 is 0 Å². The maximum absolute atomic E-state index is 5.30. The standard InChI is InChI=1S/C11H15NO.CH4S/c1-10-2-4-11(5-3-10)12-6-8-13-9-7-12;1-2/h2-5H,6-9H2,1H3;2H,1H3. The minimum absolute atomic E-state index is 0.855. The predicted molar refractivity (Wildman–Crippen MR) is 69.1 cm³/mol. The third kappa shape index (κ3) is 3.76. The lowest BCUT2D eigenvalue weighted by molar-refractivity contribution is 0.122. The first-order valence-corrected chi connectivity index (χ1v) is 6.10. The van der Waals surface area contributed by atoms with Crippen molar-refractivity contribution in [2.45, 2.75) is 6.92 Å². The Kier molecular flexibility index (Phi) is 5.58. The first kappa shape index (κ1) is 12.4. The molecule has 1 heterocycles. The van der Waals surface area contributed by atoms with Crippen LogP contribution in [0.2, 0.25) is 0 Å². The van der Waals surface area contributed by atoms with Crippen LogP contribution in [0.3, 0.4) is 0 Å². The van der Waals surface area contributed by atoms with Crippen LogP contribution in [0.1, 0.15) is 5.56 Å². The van der Waals surface area contributed by atoms with E-state index in [1.807, 2.05) is 0 Å². The van der Waals surface area contributed by atoms with E-state index in [1.165, 1.54) is 11.3 Å². The molecule has 3 heteroatoms. The number of aryl methyl sites for hydroxylation is 1. The number of benzene rings is 1. The minimum Gasteiger partial charge on any atom is -0.378 e. The highest BCUT2D eigenvalue weighted by molar-refractivity contribution is 7.79. The van der Waals surface area contributed by atoms with Crippen molar-refractivity contribution in [1.82, 2.24) is 0 Å². The number of hydrogen-bond donors (Lipinski definition) is 1. The molecule has 0 aromatic heterocycles. The molecule has 0 atom stereocenters. The summed E-state index contributed by atoms with van der Waals surface area (Å²) in [4.78, 5) is 2.36. The van der Waals surface area contributed by atoms with Gasteiger partial charge in [0.15, 0.2) is 0 Å². The Morgan fingerprint density at radius 2 is 1.60 bits per heavy atom. The maximum atomic E-state index is 5.30. The molecule has 0 unspecified atom stereocenters. The fourth-order valence-corrected chi connectivity index (χ4v) is 1.58. The molecule has 0 amide bonds. The molecule has 1 fully saturated rings. The maximum Gasteiger partial charge on any atom is 0.0642 e. The van der Waals surface area contributed by atoms with E-state index in [1.54, 1.807) is 6.26 Å². The van der Waals surface area contributed by atoms with Crippen molar-refractivity contribution in [3.8, 4) is 0 Å². The summed E-state index contributed by atoms with van der Waals surface area (Å²) in [7, 11) is 0. The number of thiol groups is 1. The molecule has 0 saturated carbocycles. The molecule has 15 heavy (non-hydrogen) atoms. The Hall–Kier alpha value is -0.670. The zero-order valence-corrected chi connectivity index (χ0v) is 10.3. The Labute approximate surface area is 97.6 Å². The van der Waals surface area contributed by atoms with Gasteiger partial charge < -0.3 is 9.64 Å². The van der Waals surface area contributed by atoms with Gasteiger partial charge in [-0.3, -0.25) is 0 Å². The van der Waals surface area contributed by atoms with Crippen LogP contribution in [-0.2, 0) is 4.74 Å². The number of morpholine rings is 1. The first-order valence-electron chi connectivity index (χ1n) is 5.20. The zero-order chi connectivity index (χ0) is 11.1. The Morgan fingerprint density at radius 3 is 2.13 bits per heavy atom. The molecule has 1 saturated heterocycles. The number of hydrogen-bond acceptors (Lipinski definition) is 3. The van der Waals surface area contributed by atoms with Crippen LogP contribution in [0, 0.1) is 6.92 Å². The molecule has 2 nitrogen and oxygen atoms in total. The lowest BCUT2D eigenvalue weighted by atomic mass is 10.2. The van der Waals surface area contributed by atoms with Gasteiger partial charge in [0.1, 0.15) is 0 Å². The smallest absolute Gasteiger partial charge is 0.0642 e. The van der Waals surface area contributed by atoms with Crippen molar-refractivity contribution in [1.29, 1.82) is 0 Å². The zero-order valence-electron chi connectivity index (χ0n) is 9.44. The van der Waals surface area contributed by atoms with Gasteiger partial charge in [0.25, 0.3) is 0 Å². The van der Waals surface area contributed by atoms with Gasteiger partial charge >= 0.3 is 0 Å². The monoisotopic (exact) mass is 225 g/mol. The van der Waals surface area contributed by atoms with Gasteiger partial charge in [0.2, 0.25) is 0 Å². The lowest BCUT2D eigenvalue weighted by Crippen LogP contribution is -2.36. The van der Waals surface area contributed by atoms with Crippen LogP contribution >= 0.6 is 12.6 Å². The third-order valence-electron chi connectivity index (χ3n) is 2.41. The molecule has 0 N–H and O–H groups in total. The molecule has 2 rings (SSSR count). The second-order valence-corrected chi connectivity index (χ2v) is 3.43. The van der Waals surface area contributed by atoms with Crippen LogP contribution in [0.5, 0.6) is 0 Å². The second-order valence-electron chi connectivity index (χ2n) is 3.43. The van der Waals surface area contributed by atoms with Crippen molar-refractivity contribution in [3.63, 3.8) is 0 Å². The average molecular weight is 225 g/mol. The number of nitrogens with zero attached hydrogens (tertiary/aromatic N) is 1. The fourth-order valence-electron chi connectivity index (χ4n) is 1.58. The van der Waals surface area contributed by atoms with Gasteiger partial charge in [-0.25, -0.2) is 0 Å². The van der Waals surface area contributed by atoms with Crippen molar-refractivity contribution in [3.05, 3.63) is 29.8 Å². The molecule has 1 aromatic carbocycles. The number of rotatable bonds is 1. The Balaban J connectivity index is 0.000000531. The van der Waals surface area contributed by atoms with E-state index in [-0.39, 0.29) is 0 Å². The van der Waals surface area contributed by atoms with Crippen molar-refractivity contribution >= 4 is 18.3 Å². The van der Waals surface area contributed by atoms with E-state index in [4.69, 9.17) is 4.74 Å². The van der Waals surface area contributed by atoms with Crippen LogP contribution in [0.4, 0.5) is 5.69 Å². The first-order chi connectivity index (χ1) is 7.36. The molecule has 1 aromatic rings. The topological polar surface area (TPSA) is 12.5 Å². The fraction of sp³-hybridized carbons (Fsp3) is 0.500. The number of anilines is 1.